The van der Waals surface area contributed by atoms with E-state index in [4.69, 9.17) is 0 Å². The predicted molar refractivity (Wildman–Crippen MR) is 67.9 cm³/mol. The van der Waals surface area contributed by atoms with Crippen molar-refractivity contribution in [2.24, 2.45) is 0 Å². The standard InChI is InChI=1S/C13H10F2.C2H6/c1-9-8-12(15)6-7-13(9)10-2-4-11(14)5-3-10;1-2/h2-8H,1H3;1-2H3. The van der Waals surface area contributed by atoms with E-state index in [-0.39, 0.29) is 11.6 Å². The van der Waals surface area contributed by atoms with Crippen molar-refractivity contribution in [3.63, 3.8) is 0 Å². The van der Waals surface area contributed by atoms with Crippen molar-refractivity contribution in [3.8, 4) is 11.1 Å². The van der Waals surface area contributed by atoms with Gasteiger partial charge in [-0.25, -0.2) is 8.78 Å². The molecule has 0 radical (unpaired) electrons. The van der Waals surface area contributed by atoms with E-state index in [1.165, 1.54) is 24.3 Å². The molecule has 0 aliphatic carbocycles. The molecule has 0 N–H and O–H groups in total. The molecule has 0 aromatic heterocycles. The van der Waals surface area contributed by atoms with Gasteiger partial charge in [0, 0.05) is 0 Å². The zero-order valence-corrected chi connectivity index (χ0v) is 10.3. The molecule has 2 aromatic carbocycles. The molecule has 0 unspecified atom stereocenters. The SMILES string of the molecule is CC.Cc1cc(F)ccc1-c1ccc(F)cc1. The lowest BCUT2D eigenvalue weighted by molar-refractivity contribution is 0.626. The van der Waals surface area contributed by atoms with Crippen LogP contribution in [0.15, 0.2) is 42.5 Å². The molecule has 0 saturated heterocycles. The van der Waals surface area contributed by atoms with Gasteiger partial charge in [-0.1, -0.05) is 32.0 Å². The van der Waals surface area contributed by atoms with E-state index in [2.05, 4.69) is 0 Å². The van der Waals surface area contributed by atoms with Crippen molar-refractivity contribution < 1.29 is 8.78 Å². The molecule has 17 heavy (non-hydrogen) atoms. The first-order valence-electron chi connectivity index (χ1n) is 5.69. The quantitative estimate of drug-likeness (QED) is 0.653. The predicted octanol–water partition coefficient (Wildman–Crippen LogP) is 4.97. The number of hydrogen-bond donors (Lipinski definition) is 0. The summed E-state index contributed by atoms with van der Waals surface area (Å²) in [5, 5.41) is 0. The fraction of sp³-hybridized carbons (Fsp3) is 0.200. The van der Waals surface area contributed by atoms with Crippen molar-refractivity contribution in [1.29, 1.82) is 0 Å². The molecule has 2 rings (SSSR count). The Kier molecular flexibility index (Phi) is 4.83. The summed E-state index contributed by atoms with van der Waals surface area (Å²) in [6, 6.07) is 10.8. The number of benzene rings is 2. The van der Waals surface area contributed by atoms with Gasteiger partial charge in [-0.3, -0.25) is 0 Å². The molecule has 0 nitrogen and oxygen atoms in total. The minimum absolute atomic E-state index is 0.252. The second-order valence-corrected chi connectivity index (χ2v) is 3.47. The van der Waals surface area contributed by atoms with Gasteiger partial charge in [0.15, 0.2) is 0 Å². The molecule has 90 valence electrons. The fourth-order valence-electron chi connectivity index (χ4n) is 1.58. The summed E-state index contributed by atoms with van der Waals surface area (Å²) in [4.78, 5) is 0. The van der Waals surface area contributed by atoms with Crippen LogP contribution >= 0.6 is 0 Å². The minimum atomic E-state index is -0.265. The van der Waals surface area contributed by atoms with Gasteiger partial charge in [0.25, 0.3) is 0 Å². The number of halogens is 2. The van der Waals surface area contributed by atoms with Crippen molar-refractivity contribution in [1.82, 2.24) is 0 Å². The molecule has 0 heterocycles. The smallest absolute Gasteiger partial charge is 0.123 e. The van der Waals surface area contributed by atoms with E-state index in [1.807, 2.05) is 20.8 Å². The third-order valence-electron chi connectivity index (χ3n) is 2.34. The summed E-state index contributed by atoms with van der Waals surface area (Å²) in [6.07, 6.45) is 0. The average Bonchev–Trinajstić information content (AvgIpc) is 2.33. The Bertz CT molecular complexity index is 473. The van der Waals surface area contributed by atoms with Crippen LogP contribution in [-0.4, -0.2) is 0 Å². The second kappa shape index (κ2) is 6.14. The van der Waals surface area contributed by atoms with E-state index < -0.39 is 0 Å². The third-order valence-corrected chi connectivity index (χ3v) is 2.34. The zero-order chi connectivity index (χ0) is 12.8. The summed E-state index contributed by atoms with van der Waals surface area (Å²) in [5.41, 5.74) is 2.67. The molecule has 0 spiro atoms. The van der Waals surface area contributed by atoms with Gasteiger partial charge in [0.2, 0.25) is 0 Å². The van der Waals surface area contributed by atoms with Crippen molar-refractivity contribution >= 4 is 0 Å². The molecule has 0 atom stereocenters. The molecule has 0 saturated carbocycles. The Morgan fingerprint density at radius 2 is 1.29 bits per heavy atom. The first-order valence-corrected chi connectivity index (χ1v) is 5.69. The van der Waals surface area contributed by atoms with Crippen LogP contribution in [0.4, 0.5) is 8.78 Å². The Hall–Kier alpha value is -1.70. The van der Waals surface area contributed by atoms with Crippen LogP contribution in [-0.2, 0) is 0 Å². The number of hydrogen-bond acceptors (Lipinski definition) is 0. The molecule has 0 amide bonds. The zero-order valence-electron chi connectivity index (χ0n) is 10.3. The highest BCUT2D eigenvalue weighted by Crippen LogP contribution is 2.23. The highest BCUT2D eigenvalue weighted by molar-refractivity contribution is 5.66. The summed E-state index contributed by atoms with van der Waals surface area (Å²) in [5.74, 6) is -0.517. The Balaban J connectivity index is 0.000000686. The van der Waals surface area contributed by atoms with Gasteiger partial charge in [-0.2, -0.15) is 0 Å². The van der Waals surface area contributed by atoms with Crippen LogP contribution < -0.4 is 0 Å². The third kappa shape index (κ3) is 3.38. The topological polar surface area (TPSA) is 0 Å². The lowest BCUT2D eigenvalue weighted by Crippen LogP contribution is -1.85. The van der Waals surface area contributed by atoms with E-state index in [1.54, 1.807) is 18.2 Å². The van der Waals surface area contributed by atoms with Crippen molar-refractivity contribution in [2.75, 3.05) is 0 Å². The van der Waals surface area contributed by atoms with Gasteiger partial charge in [0.1, 0.15) is 11.6 Å². The molecular weight excluding hydrogens is 218 g/mol. The minimum Gasteiger partial charge on any atom is -0.207 e. The molecule has 0 bridgehead atoms. The molecule has 0 aliphatic rings. The molecule has 0 fully saturated rings. The Morgan fingerprint density at radius 1 is 0.765 bits per heavy atom. The van der Waals surface area contributed by atoms with E-state index in [0.717, 1.165) is 16.7 Å². The fourth-order valence-corrected chi connectivity index (χ4v) is 1.58. The normalized spacial score (nSPS) is 9.47. The summed E-state index contributed by atoms with van der Waals surface area (Å²) in [6.45, 7) is 5.84. The summed E-state index contributed by atoms with van der Waals surface area (Å²) >= 11 is 0. The van der Waals surface area contributed by atoms with Gasteiger partial charge >= 0.3 is 0 Å². The Morgan fingerprint density at radius 3 is 1.82 bits per heavy atom. The lowest BCUT2D eigenvalue weighted by atomic mass is 10.0. The lowest BCUT2D eigenvalue weighted by Gasteiger charge is -2.05. The monoisotopic (exact) mass is 234 g/mol. The largest absolute Gasteiger partial charge is 0.207 e. The van der Waals surface area contributed by atoms with Crippen LogP contribution in [0.1, 0.15) is 19.4 Å². The maximum absolute atomic E-state index is 12.9. The maximum atomic E-state index is 12.9. The Labute approximate surface area is 101 Å². The molecule has 2 heteroatoms. The highest BCUT2D eigenvalue weighted by atomic mass is 19.1. The molecule has 0 aliphatic heterocycles. The van der Waals surface area contributed by atoms with E-state index >= 15 is 0 Å². The van der Waals surface area contributed by atoms with Crippen LogP contribution in [0, 0.1) is 18.6 Å². The number of rotatable bonds is 1. The number of aryl methyl sites for hydroxylation is 1. The van der Waals surface area contributed by atoms with Crippen LogP contribution in [0.3, 0.4) is 0 Å². The van der Waals surface area contributed by atoms with E-state index in [9.17, 15) is 8.78 Å². The first kappa shape index (κ1) is 13.4. The van der Waals surface area contributed by atoms with Gasteiger partial charge in [0.05, 0.1) is 0 Å². The van der Waals surface area contributed by atoms with Gasteiger partial charge in [-0.15, -0.1) is 0 Å². The van der Waals surface area contributed by atoms with Crippen LogP contribution in [0.2, 0.25) is 0 Å². The van der Waals surface area contributed by atoms with Crippen molar-refractivity contribution in [3.05, 3.63) is 59.7 Å². The first-order chi connectivity index (χ1) is 8.16. The van der Waals surface area contributed by atoms with Gasteiger partial charge in [-0.05, 0) is 47.9 Å². The van der Waals surface area contributed by atoms with Crippen molar-refractivity contribution in [2.45, 2.75) is 20.8 Å². The van der Waals surface area contributed by atoms with Crippen LogP contribution in [0.5, 0.6) is 0 Å². The average molecular weight is 234 g/mol. The second-order valence-electron chi connectivity index (χ2n) is 3.47. The van der Waals surface area contributed by atoms with E-state index in [0.29, 0.717) is 0 Å². The molecular formula is C15H16F2. The van der Waals surface area contributed by atoms with Gasteiger partial charge < -0.3 is 0 Å². The summed E-state index contributed by atoms with van der Waals surface area (Å²) < 4.78 is 25.6. The summed E-state index contributed by atoms with van der Waals surface area (Å²) in [7, 11) is 0. The maximum Gasteiger partial charge on any atom is 0.123 e. The highest BCUT2D eigenvalue weighted by Gasteiger charge is 2.02. The molecule has 2 aromatic rings. The van der Waals surface area contributed by atoms with Crippen LogP contribution in [0.25, 0.3) is 11.1 Å².